The third-order valence-electron chi connectivity index (χ3n) is 2.87. The van der Waals surface area contributed by atoms with Gasteiger partial charge in [-0.1, -0.05) is 29.8 Å². The molecule has 0 fully saturated rings. The highest BCUT2D eigenvalue weighted by molar-refractivity contribution is 9.09. The van der Waals surface area contributed by atoms with E-state index in [2.05, 4.69) is 60.5 Å². The van der Waals surface area contributed by atoms with E-state index in [1.165, 1.54) is 30.9 Å². The minimum Gasteiger partial charge on any atom is -0.309 e. The molecule has 0 saturated carbocycles. The van der Waals surface area contributed by atoms with Gasteiger partial charge in [0, 0.05) is 17.6 Å². The molecule has 0 unspecified atom stereocenters. The third-order valence-corrected chi connectivity index (χ3v) is 5.35. The van der Waals surface area contributed by atoms with Gasteiger partial charge in [-0.2, -0.15) is 11.8 Å². The Hall–Kier alpha value is 0.790. The molecule has 0 aromatic heterocycles. The lowest BCUT2D eigenvalue weighted by Gasteiger charge is -2.29. The maximum absolute atomic E-state index is 3.65. The molecule has 0 heterocycles. The third kappa shape index (κ3) is 5.62. The van der Waals surface area contributed by atoms with Crippen molar-refractivity contribution in [1.29, 1.82) is 0 Å². The van der Waals surface area contributed by atoms with Crippen molar-refractivity contribution in [3.05, 3.63) is 0 Å². The van der Waals surface area contributed by atoms with Crippen molar-refractivity contribution in [1.82, 2.24) is 4.90 Å². The van der Waals surface area contributed by atoms with Crippen molar-refractivity contribution in [3.63, 3.8) is 0 Å². The van der Waals surface area contributed by atoms with Crippen LogP contribution in [0.15, 0.2) is 0 Å². The zero-order valence-corrected chi connectivity index (χ0v) is 12.4. The molecule has 0 atom stereocenters. The molecular formula is C11H24BrNS. The van der Waals surface area contributed by atoms with Crippen LogP contribution in [0.5, 0.6) is 0 Å². The molecule has 86 valence electrons. The average Bonchev–Trinajstić information content (AvgIpc) is 2.19. The van der Waals surface area contributed by atoms with Crippen molar-refractivity contribution in [2.75, 3.05) is 37.5 Å². The van der Waals surface area contributed by atoms with Gasteiger partial charge in [-0.3, -0.25) is 0 Å². The second-order valence-electron chi connectivity index (χ2n) is 4.20. The largest absolute Gasteiger partial charge is 0.309 e. The first-order chi connectivity index (χ1) is 6.60. The van der Waals surface area contributed by atoms with Crippen LogP contribution >= 0.6 is 27.7 Å². The first kappa shape index (κ1) is 14.8. The van der Waals surface area contributed by atoms with E-state index in [1.807, 2.05) is 0 Å². The van der Waals surface area contributed by atoms with E-state index in [0.717, 1.165) is 5.33 Å². The minimum atomic E-state index is 0.525. The Morgan fingerprint density at radius 1 is 1.21 bits per heavy atom. The molecule has 3 heteroatoms. The highest BCUT2D eigenvalue weighted by atomic mass is 79.9. The van der Waals surface area contributed by atoms with Crippen molar-refractivity contribution < 1.29 is 0 Å². The molecule has 0 aromatic carbocycles. The number of alkyl halides is 1. The number of rotatable bonds is 8. The molecule has 0 aliphatic heterocycles. The maximum atomic E-state index is 3.65. The van der Waals surface area contributed by atoms with Crippen molar-refractivity contribution in [3.8, 4) is 0 Å². The first-order valence-corrected chi connectivity index (χ1v) is 7.66. The van der Waals surface area contributed by atoms with Crippen LogP contribution in [-0.2, 0) is 0 Å². The predicted octanol–water partition coefficient (Wildman–Crippen LogP) is 3.48. The summed E-state index contributed by atoms with van der Waals surface area (Å²) >= 11 is 5.74. The minimum absolute atomic E-state index is 0.525. The summed E-state index contributed by atoms with van der Waals surface area (Å²) < 4.78 is 0. The Morgan fingerprint density at radius 2 is 1.79 bits per heavy atom. The molecule has 0 N–H and O–H groups in total. The summed E-state index contributed by atoms with van der Waals surface area (Å²) in [5.41, 5.74) is 0.525. The van der Waals surface area contributed by atoms with Crippen LogP contribution in [0, 0.1) is 5.41 Å². The van der Waals surface area contributed by atoms with Gasteiger partial charge < -0.3 is 4.90 Å². The van der Waals surface area contributed by atoms with E-state index in [0.29, 0.717) is 5.41 Å². The lowest BCUT2D eigenvalue weighted by molar-refractivity contribution is 0.358. The Labute approximate surface area is 102 Å². The van der Waals surface area contributed by atoms with Crippen LogP contribution in [0.2, 0.25) is 0 Å². The summed E-state index contributed by atoms with van der Waals surface area (Å²) in [5, 5.41) is 1.14. The van der Waals surface area contributed by atoms with E-state index >= 15 is 0 Å². The van der Waals surface area contributed by atoms with Gasteiger partial charge in [-0.05, 0) is 38.1 Å². The number of halogens is 1. The van der Waals surface area contributed by atoms with Crippen molar-refractivity contribution in [2.45, 2.75) is 26.7 Å². The molecule has 0 rings (SSSR count). The Bertz CT molecular complexity index is 127. The molecule has 0 aromatic rings. The quantitative estimate of drug-likeness (QED) is 0.495. The van der Waals surface area contributed by atoms with Crippen LogP contribution in [0.4, 0.5) is 0 Å². The fraction of sp³-hybridized carbons (Fsp3) is 1.00. The molecule has 0 amide bonds. The van der Waals surface area contributed by atoms with Crippen LogP contribution < -0.4 is 0 Å². The summed E-state index contributed by atoms with van der Waals surface area (Å²) in [7, 11) is 4.27. The van der Waals surface area contributed by atoms with Crippen LogP contribution in [0.25, 0.3) is 0 Å². The van der Waals surface area contributed by atoms with E-state index in [4.69, 9.17) is 0 Å². The number of thioether (sulfide) groups is 1. The lowest BCUT2D eigenvalue weighted by atomic mass is 9.87. The van der Waals surface area contributed by atoms with E-state index < -0.39 is 0 Å². The molecule has 0 saturated heterocycles. The van der Waals surface area contributed by atoms with Gasteiger partial charge in [0.1, 0.15) is 0 Å². The van der Waals surface area contributed by atoms with Crippen LogP contribution in [0.3, 0.4) is 0 Å². The normalized spacial score (nSPS) is 12.4. The fourth-order valence-corrected chi connectivity index (χ4v) is 4.05. The molecule has 0 aliphatic rings. The highest BCUT2D eigenvalue weighted by Gasteiger charge is 2.24. The van der Waals surface area contributed by atoms with Gasteiger partial charge >= 0.3 is 0 Å². The molecule has 0 radical (unpaired) electrons. The standard InChI is InChI=1S/C11H24BrNS/c1-5-11(6-2,9-12)10-14-8-7-13(3)4/h5-10H2,1-4H3. The number of nitrogens with zero attached hydrogens (tertiary/aromatic N) is 1. The average molecular weight is 282 g/mol. The topological polar surface area (TPSA) is 3.24 Å². The Balaban J connectivity index is 3.71. The summed E-state index contributed by atoms with van der Waals surface area (Å²) in [6, 6.07) is 0. The number of hydrogen-bond acceptors (Lipinski definition) is 2. The molecule has 0 bridgehead atoms. The smallest absolute Gasteiger partial charge is 0.00956 e. The van der Waals surface area contributed by atoms with E-state index in [9.17, 15) is 0 Å². The van der Waals surface area contributed by atoms with Gasteiger partial charge in [-0.25, -0.2) is 0 Å². The molecular weight excluding hydrogens is 258 g/mol. The summed E-state index contributed by atoms with van der Waals surface area (Å²) in [4.78, 5) is 2.25. The zero-order valence-electron chi connectivity index (χ0n) is 9.98. The van der Waals surface area contributed by atoms with Crippen molar-refractivity contribution in [2.24, 2.45) is 5.41 Å². The van der Waals surface area contributed by atoms with Gasteiger partial charge in [0.25, 0.3) is 0 Å². The summed E-state index contributed by atoms with van der Waals surface area (Å²) in [6.45, 7) is 5.80. The van der Waals surface area contributed by atoms with Gasteiger partial charge in [0.05, 0.1) is 0 Å². The number of hydrogen-bond donors (Lipinski definition) is 0. The molecule has 0 spiro atoms. The molecule has 1 nitrogen and oxygen atoms in total. The van der Waals surface area contributed by atoms with Crippen LogP contribution in [0.1, 0.15) is 26.7 Å². The van der Waals surface area contributed by atoms with E-state index in [-0.39, 0.29) is 0 Å². The van der Waals surface area contributed by atoms with Crippen molar-refractivity contribution >= 4 is 27.7 Å². The maximum Gasteiger partial charge on any atom is 0.00956 e. The second-order valence-corrected chi connectivity index (χ2v) is 5.86. The summed E-state index contributed by atoms with van der Waals surface area (Å²) in [6.07, 6.45) is 2.56. The first-order valence-electron chi connectivity index (χ1n) is 5.38. The van der Waals surface area contributed by atoms with Gasteiger partial charge in [0.15, 0.2) is 0 Å². The predicted molar refractivity (Wildman–Crippen MR) is 72.7 cm³/mol. The van der Waals surface area contributed by atoms with Gasteiger partial charge in [0.2, 0.25) is 0 Å². The van der Waals surface area contributed by atoms with E-state index in [1.54, 1.807) is 0 Å². The summed E-state index contributed by atoms with van der Waals surface area (Å²) in [5.74, 6) is 2.54. The second kappa shape index (κ2) is 8.00. The monoisotopic (exact) mass is 281 g/mol. The zero-order chi connectivity index (χ0) is 11.0. The Morgan fingerprint density at radius 3 is 2.14 bits per heavy atom. The molecule has 14 heavy (non-hydrogen) atoms. The SMILES string of the molecule is CCC(CC)(CBr)CSCCN(C)C. The van der Waals surface area contributed by atoms with Crippen LogP contribution in [-0.4, -0.2) is 42.4 Å². The fourth-order valence-electron chi connectivity index (χ4n) is 1.22. The van der Waals surface area contributed by atoms with Gasteiger partial charge in [-0.15, -0.1) is 0 Å². The lowest BCUT2D eigenvalue weighted by Crippen LogP contribution is -2.25. The molecule has 0 aliphatic carbocycles. The highest BCUT2D eigenvalue weighted by Crippen LogP contribution is 2.32. The Kier molecular flexibility index (Phi) is 8.45.